The lowest BCUT2D eigenvalue weighted by molar-refractivity contribution is -0.137. The maximum Gasteiger partial charge on any atom is 0.420 e. The summed E-state index contributed by atoms with van der Waals surface area (Å²) in [7, 11) is -3.17. The Kier molecular flexibility index (Phi) is 5.52. The van der Waals surface area contributed by atoms with E-state index in [9.17, 15) is 22.6 Å². The number of halogens is 4. The zero-order chi connectivity index (χ0) is 18.0. The van der Waals surface area contributed by atoms with Crippen LogP contribution in [0, 0.1) is 0 Å². The molecule has 0 saturated carbocycles. The highest BCUT2D eigenvalue weighted by molar-refractivity contribution is 7.57. The molecule has 1 unspecified atom stereocenters. The van der Waals surface area contributed by atoms with Crippen molar-refractivity contribution < 1.29 is 22.6 Å². The van der Waals surface area contributed by atoms with Crippen LogP contribution < -0.4 is 5.32 Å². The zero-order valence-electron chi connectivity index (χ0n) is 12.5. The fourth-order valence-electron chi connectivity index (χ4n) is 1.83. The van der Waals surface area contributed by atoms with E-state index in [-0.39, 0.29) is 18.3 Å². The number of aromatic nitrogens is 2. The van der Waals surface area contributed by atoms with Crippen LogP contribution in [0.4, 0.5) is 24.8 Å². The highest BCUT2D eigenvalue weighted by atomic mass is 35.5. The van der Waals surface area contributed by atoms with E-state index < -0.39 is 24.3 Å². The maximum absolute atomic E-state index is 12.6. The van der Waals surface area contributed by atoms with E-state index in [2.05, 4.69) is 15.3 Å². The first-order valence-corrected chi connectivity index (χ1v) is 9.28. The minimum absolute atomic E-state index is 0.0619. The molecule has 1 heterocycles. The highest BCUT2D eigenvalue weighted by Crippen LogP contribution is 2.43. The van der Waals surface area contributed by atoms with Crippen LogP contribution in [0.2, 0.25) is 5.15 Å². The molecule has 0 fully saturated rings. The van der Waals surface area contributed by atoms with E-state index in [4.69, 9.17) is 11.6 Å². The van der Waals surface area contributed by atoms with Gasteiger partial charge in [0.25, 0.3) is 0 Å². The molecular weight excluding hydrogens is 366 g/mol. The van der Waals surface area contributed by atoms with Gasteiger partial charge in [-0.25, -0.2) is 9.97 Å². The summed E-state index contributed by atoms with van der Waals surface area (Å²) in [5.41, 5.74) is 0.0850. The Morgan fingerprint density at radius 2 is 1.92 bits per heavy atom. The molecule has 2 aromatic rings. The third kappa shape index (κ3) is 4.93. The lowest BCUT2D eigenvalue weighted by atomic mass is 10.2. The van der Waals surface area contributed by atoms with Crippen LogP contribution in [0.3, 0.4) is 0 Å². The number of benzene rings is 1. The lowest BCUT2D eigenvalue weighted by Crippen LogP contribution is -2.09. The molecule has 130 valence electrons. The second kappa shape index (κ2) is 7.09. The second-order valence-electron chi connectivity index (χ2n) is 5.04. The molecule has 2 rings (SSSR count). The number of hydrogen-bond acceptors (Lipinski definition) is 4. The smallest absolute Gasteiger partial charge is 0.344 e. The predicted molar refractivity (Wildman–Crippen MR) is 85.8 cm³/mol. The maximum atomic E-state index is 12.6. The van der Waals surface area contributed by atoms with Crippen LogP contribution in [0.1, 0.15) is 18.1 Å². The Bertz CT molecular complexity index is 769. The number of nitrogens with zero attached hydrogens (tertiary/aromatic N) is 2. The van der Waals surface area contributed by atoms with Gasteiger partial charge in [0.15, 0.2) is 0 Å². The molecular formula is C14H14ClF3N3O2P. The van der Waals surface area contributed by atoms with Crippen molar-refractivity contribution in [1.29, 1.82) is 0 Å². The van der Waals surface area contributed by atoms with Gasteiger partial charge in [-0.05, 0) is 17.7 Å². The Labute approximate surface area is 141 Å². The largest absolute Gasteiger partial charge is 0.420 e. The Hall–Kier alpha value is -1.63. The molecule has 0 saturated heterocycles. The second-order valence-corrected chi connectivity index (χ2v) is 8.04. The van der Waals surface area contributed by atoms with E-state index in [0.717, 1.165) is 0 Å². The average Bonchev–Trinajstić information content (AvgIpc) is 2.48. The van der Waals surface area contributed by atoms with E-state index in [1.54, 1.807) is 31.2 Å². The molecule has 1 atom stereocenters. The molecule has 2 N–H and O–H groups in total. The van der Waals surface area contributed by atoms with Crippen molar-refractivity contribution in [2.45, 2.75) is 19.3 Å². The molecule has 0 radical (unpaired) electrons. The van der Waals surface area contributed by atoms with Crippen LogP contribution in [0.25, 0.3) is 0 Å². The number of anilines is 2. The molecule has 1 aromatic carbocycles. The van der Waals surface area contributed by atoms with Crippen molar-refractivity contribution in [2.24, 2.45) is 0 Å². The summed E-state index contributed by atoms with van der Waals surface area (Å²) in [6.07, 6.45) is -3.76. The molecule has 0 bridgehead atoms. The number of alkyl halides is 3. The fraction of sp³-hybridized carbons (Fsp3) is 0.286. The van der Waals surface area contributed by atoms with Crippen LogP contribution in [0.5, 0.6) is 0 Å². The van der Waals surface area contributed by atoms with Crippen molar-refractivity contribution >= 4 is 30.6 Å². The Morgan fingerprint density at radius 3 is 2.42 bits per heavy atom. The summed E-state index contributed by atoms with van der Waals surface area (Å²) < 4.78 is 49.5. The van der Waals surface area contributed by atoms with Crippen LogP contribution in [-0.4, -0.2) is 21.0 Å². The zero-order valence-corrected chi connectivity index (χ0v) is 14.2. The highest BCUT2D eigenvalue weighted by Gasteiger charge is 2.34. The molecule has 0 aliphatic carbocycles. The predicted octanol–water partition coefficient (Wildman–Crippen LogP) is 4.68. The van der Waals surface area contributed by atoms with Gasteiger partial charge in [0.2, 0.25) is 13.3 Å². The van der Waals surface area contributed by atoms with Gasteiger partial charge >= 0.3 is 6.18 Å². The molecule has 10 heteroatoms. The fourth-order valence-corrected chi connectivity index (χ4v) is 3.07. The van der Waals surface area contributed by atoms with Crippen molar-refractivity contribution in [3.63, 3.8) is 0 Å². The summed E-state index contributed by atoms with van der Waals surface area (Å²) in [6.45, 7) is 1.64. The monoisotopic (exact) mass is 379 g/mol. The van der Waals surface area contributed by atoms with Gasteiger partial charge in [-0.15, -0.1) is 0 Å². The minimum Gasteiger partial charge on any atom is -0.344 e. The lowest BCUT2D eigenvalue weighted by Gasteiger charge is -2.11. The first-order chi connectivity index (χ1) is 11.1. The Morgan fingerprint density at radius 1 is 1.29 bits per heavy atom. The van der Waals surface area contributed by atoms with E-state index >= 15 is 0 Å². The average molecular weight is 380 g/mol. The molecule has 1 aromatic heterocycles. The Balaban J connectivity index is 2.12. The van der Waals surface area contributed by atoms with Crippen LogP contribution in [0.15, 0.2) is 30.5 Å². The first kappa shape index (κ1) is 18.7. The summed E-state index contributed by atoms with van der Waals surface area (Å²) in [6, 6.07) is 6.51. The summed E-state index contributed by atoms with van der Waals surface area (Å²) in [5, 5.41) is 2.03. The standard InChI is InChI=1S/C14H14ClF3N3O2P/c1-2-24(22,23)8-9-3-5-10(6-4-9)20-13-19-7-11(12(15)21-13)14(16,17)18/h3-7H,2,8H2,1H3,(H,22,23)(H,19,20,21). The molecule has 24 heavy (non-hydrogen) atoms. The molecule has 0 amide bonds. The van der Waals surface area contributed by atoms with Gasteiger partial charge in [0, 0.05) is 24.2 Å². The summed E-state index contributed by atoms with van der Waals surface area (Å²) in [4.78, 5) is 16.8. The van der Waals surface area contributed by atoms with Gasteiger partial charge < -0.3 is 10.2 Å². The van der Waals surface area contributed by atoms with Crippen LogP contribution in [-0.2, 0) is 16.9 Å². The van der Waals surface area contributed by atoms with Gasteiger partial charge in [-0.2, -0.15) is 13.2 Å². The van der Waals surface area contributed by atoms with Crippen molar-refractivity contribution in [3.05, 3.63) is 46.7 Å². The SMILES string of the molecule is CCP(=O)(O)Cc1ccc(Nc2ncc(C(F)(F)F)c(Cl)n2)cc1. The van der Waals surface area contributed by atoms with Gasteiger partial charge in [-0.1, -0.05) is 30.7 Å². The van der Waals surface area contributed by atoms with Gasteiger partial charge in [0.1, 0.15) is 10.7 Å². The summed E-state index contributed by atoms with van der Waals surface area (Å²) in [5.74, 6) is -0.0814. The number of nitrogens with one attached hydrogen (secondary N) is 1. The number of hydrogen-bond donors (Lipinski definition) is 2. The van der Waals surface area contributed by atoms with Gasteiger partial charge in [-0.3, -0.25) is 4.57 Å². The van der Waals surface area contributed by atoms with E-state index in [1.807, 2.05) is 0 Å². The van der Waals surface area contributed by atoms with E-state index in [0.29, 0.717) is 17.4 Å². The van der Waals surface area contributed by atoms with Crippen molar-refractivity contribution in [2.75, 3.05) is 11.5 Å². The molecule has 0 aliphatic rings. The van der Waals surface area contributed by atoms with E-state index in [1.165, 1.54) is 0 Å². The van der Waals surface area contributed by atoms with Crippen LogP contribution >= 0.6 is 19.0 Å². The van der Waals surface area contributed by atoms with Gasteiger partial charge in [0.05, 0.1) is 0 Å². The van der Waals surface area contributed by atoms with Crippen molar-refractivity contribution in [3.8, 4) is 0 Å². The topological polar surface area (TPSA) is 75.1 Å². The molecule has 0 aliphatic heterocycles. The van der Waals surface area contributed by atoms with Crippen molar-refractivity contribution in [1.82, 2.24) is 9.97 Å². The molecule has 5 nitrogen and oxygen atoms in total. The number of rotatable bonds is 5. The third-order valence-corrected chi connectivity index (χ3v) is 5.32. The molecule has 0 spiro atoms. The normalized spacial score (nSPS) is 14.2. The quantitative estimate of drug-likeness (QED) is 0.582. The summed E-state index contributed by atoms with van der Waals surface area (Å²) >= 11 is 5.52. The third-order valence-electron chi connectivity index (χ3n) is 3.18. The first-order valence-electron chi connectivity index (χ1n) is 6.87. The minimum atomic E-state index is -4.62.